The van der Waals surface area contributed by atoms with Crippen molar-refractivity contribution >= 4 is 5.97 Å². The number of hydrogen-bond acceptors (Lipinski definition) is 2. The van der Waals surface area contributed by atoms with E-state index in [2.05, 4.69) is 0 Å². The number of hydrogen-bond donors (Lipinski definition) is 1. The molecule has 0 amide bonds. The molecule has 2 fully saturated rings. The van der Waals surface area contributed by atoms with Gasteiger partial charge in [-0.25, -0.2) is 4.39 Å². The maximum absolute atomic E-state index is 15.2. The summed E-state index contributed by atoms with van der Waals surface area (Å²) in [6.07, 6.45) is 9.13. The Bertz CT molecular complexity index is 717. The van der Waals surface area contributed by atoms with E-state index in [9.17, 15) is 14.3 Å². The van der Waals surface area contributed by atoms with Crippen LogP contribution in [0, 0.1) is 23.0 Å². The predicted octanol–water partition coefficient (Wildman–Crippen LogP) is 6.63. The minimum atomic E-state index is -0.893. The van der Waals surface area contributed by atoms with Crippen LogP contribution in [0.4, 0.5) is 8.78 Å². The minimum absolute atomic E-state index is 0.0313. The molecule has 29 heavy (non-hydrogen) atoms. The van der Waals surface area contributed by atoms with E-state index in [1.807, 2.05) is 6.92 Å². The molecule has 5 heteroatoms. The predicted molar refractivity (Wildman–Crippen MR) is 109 cm³/mol. The Morgan fingerprint density at radius 3 is 2.28 bits per heavy atom. The standard InChI is InChI=1S/C24H34F2O3/c1-3-12-23(22(27)28)15-10-17(11-16-23)24(13-6-5-7-14-24)18-8-9-19(29-4-2)21(26)20(18)25/h8-9,17H,3-7,10-16H2,1-2H3,(H,27,28)/t17-,23+. The van der Waals surface area contributed by atoms with Gasteiger partial charge in [-0.1, -0.05) is 38.7 Å². The SMILES string of the molecule is CCC[C@]1(C(=O)O)CC[C@@H](C2(c3ccc(OCC)c(F)c3F)CCCCC2)CC1. The minimum Gasteiger partial charge on any atom is -0.491 e. The average molecular weight is 409 g/mol. The number of carbonyl (C=O) groups is 1. The fraction of sp³-hybridized carbons (Fsp3) is 0.708. The molecule has 0 aromatic heterocycles. The van der Waals surface area contributed by atoms with Gasteiger partial charge in [-0.05, 0) is 69.4 Å². The quantitative estimate of drug-likeness (QED) is 0.551. The first kappa shape index (κ1) is 22.0. The number of halogens is 2. The first-order chi connectivity index (χ1) is 13.9. The maximum atomic E-state index is 15.2. The summed E-state index contributed by atoms with van der Waals surface area (Å²) in [5.74, 6) is -2.21. The molecule has 2 aliphatic rings. The lowest BCUT2D eigenvalue weighted by atomic mass is 9.55. The van der Waals surface area contributed by atoms with Crippen molar-refractivity contribution in [2.75, 3.05) is 6.61 Å². The van der Waals surface area contributed by atoms with Crippen LogP contribution in [-0.4, -0.2) is 17.7 Å². The normalized spacial score (nSPS) is 26.8. The second-order valence-corrected chi connectivity index (χ2v) is 9.00. The summed E-state index contributed by atoms with van der Waals surface area (Å²) in [4.78, 5) is 12.0. The van der Waals surface area contributed by atoms with Gasteiger partial charge in [-0.2, -0.15) is 4.39 Å². The van der Waals surface area contributed by atoms with Gasteiger partial charge in [0, 0.05) is 5.41 Å². The van der Waals surface area contributed by atoms with Crippen LogP contribution >= 0.6 is 0 Å². The van der Waals surface area contributed by atoms with Crippen molar-refractivity contribution in [3.8, 4) is 5.75 Å². The Morgan fingerprint density at radius 1 is 1.07 bits per heavy atom. The lowest BCUT2D eigenvalue weighted by molar-refractivity contribution is -0.152. The summed E-state index contributed by atoms with van der Waals surface area (Å²) in [5, 5.41) is 9.84. The fourth-order valence-electron chi connectivity index (χ4n) is 6.04. The Labute approximate surface area is 172 Å². The third kappa shape index (κ3) is 4.02. The molecule has 0 aliphatic heterocycles. The highest BCUT2D eigenvalue weighted by molar-refractivity contribution is 5.74. The van der Waals surface area contributed by atoms with Crippen LogP contribution in [-0.2, 0) is 10.2 Å². The van der Waals surface area contributed by atoms with Crippen molar-refractivity contribution in [3.05, 3.63) is 29.3 Å². The van der Waals surface area contributed by atoms with Crippen LogP contribution in [0.3, 0.4) is 0 Å². The van der Waals surface area contributed by atoms with E-state index in [1.165, 1.54) is 0 Å². The summed E-state index contributed by atoms with van der Waals surface area (Å²) in [7, 11) is 0. The van der Waals surface area contributed by atoms with E-state index in [-0.39, 0.29) is 18.3 Å². The van der Waals surface area contributed by atoms with Gasteiger partial charge in [0.2, 0.25) is 5.82 Å². The Kier molecular flexibility index (Phi) is 6.85. The van der Waals surface area contributed by atoms with Crippen LogP contribution in [0.5, 0.6) is 5.75 Å². The highest BCUT2D eigenvalue weighted by Gasteiger charge is 2.49. The molecular weight excluding hydrogens is 374 g/mol. The van der Waals surface area contributed by atoms with Crippen LogP contribution in [0.15, 0.2) is 12.1 Å². The number of carboxylic acid groups (broad SMARTS) is 1. The summed E-state index contributed by atoms with van der Waals surface area (Å²) in [6.45, 7) is 4.07. The molecular formula is C24H34F2O3. The van der Waals surface area contributed by atoms with Crippen LogP contribution < -0.4 is 4.74 Å². The summed E-state index contributed by atoms with van der Waals surface area (Å²) in [6, 6.07) is 3.29. The number of ether oxygens (including phenoxy) is 1. The van der Waals surface area contributed by atoms with Crippen LogP contribution in [0.25, 0.3) is 0 Å². The van der Waals surface area contributed by atoms with Gasteiger partial charge in [-0.3, -0.25) is 4.79 Å². The molecule has 0 saturated heterocycles. The van der Waals surface area contributed by atoms with Gasteiger partial charge in [0.05, 0.1) is 12.0 Å². The average Bonchev–Trinajstić information content (AvgIpc) is 2.73. The molecule has 2 aliphatic carbocycles. The zero-order valence-electron chi connectivity index (χ0n) is 17.7. The van der Waals surface area contributed by atoms with Crippen molar-refractivity contribution in [2.45, 2.75) is 89.9 Å². The van der Waals surface area contributed by atoms with Crippen LogP contribution in [0.2, 0.25) is 0 Å². The first-order valence-electron chi connectivity index (χ1n) is 11.2. The molecule has 0 spiro atoms. The van der Waals surface area contributed by atoms with Crippen molar-refractivity contribution in [2.24, 2.45) is 11.3 Å². The summed E-state index contributed by atoms with van der Waals surface area (Å²) >= 11 is 0. The maximum Gasteiger partial charge on any atom is 0.309 e. The van der Waals surface area contributed by atoms with E-state index in [4.69, 9.17) is 4.74 Å². The van der Waals surface area contributed by atoms with Gasteiger partial charge in [0.1, 0.15) is 0 Å². The van der Waals surface area contributed by atoms with Gasteiger partial charge in [0.25, 0.3) is 0 Å². The molecule has 3 rings (SSSR count). The molecule has 162 valence electrons. The van der Waals surface area contributed by atoms with Gasteiger partial charge >= 0.3 is 5.97 Å². The molecule has 1 N–H and O–H groups in total. The molecule has 3 nitrogen and oxygen atoms in total. The monoisotopic (exact) mass is 408 g/mol. The smallest absolute Gasteiger partial charge is 0.309 e. The first-order valence-corrected chi connectivity index (χ1v) is 11.2. The van der Waals surface area contributed by atoms with Gasteiger partial charge in [0.15, 0.2) is 11.6 Å². The van der Waals surface area contributed by atoms with E-state index < -0.39 is 28.4 Å². The zero-order valence-corrected chi connectivity index (χ0v) is 17.7. The topological polar surface area (TPSA) is 46.5 Å². The Balaban J connectivity index is 1.93. The number of aliphatic carboxylic acids is 1. The Hall–Kier alpha value is -1.65. The molecule has 0 bridgehead atoms. The third-order valence-corrected chi connectivity index (χ3v) is 7.54. The second kappa shape index (κ2) is 9.01. The van der Waals surface area contributed by atoms with E-state index >= 15 is 4.39 Å². The van der Waals surface area contributed by atoms with Crippen molar-refractivity contribution < 1.29 is 23.4 Å². The van der Waals surface area contributed by atoms with Crippen molar-refractivity contribution in [1.29, 1.82) is 0 Å². The number of benzene rings is 1. The fourth-order valence-corrected chi connectivity index (χ4v) is 6.04. The van der Waals surface area contributed by atoms with Gasteiger partial charge < -0.3 is 9.84 Å². The lowest BCUT2D eigenvalue weighted by Gasteiger charge is -2.49. The largest absolute Gasteiger partial charge is 0.491 e. The molecule has 1 aromatic carbocycles. The van der Waals surface area contributed by atoms with Crippen LogP contribution in [0.1, 0.15) is 90.0 Å². The number of rotatable bonds is 7. The molecule has 0 atom stereocenters. The summed E-state index contributed by atoms with van der Waals surface area (Å²) in [5.41, 5.74) is -0.574. The van der Waals surface area contributed by atoms with Gasteiger partial charge in [-0.15, -0.1) is 0 Å². The van der Waals surface area contributed by atoms with E-state index in [0.29, 0.717) is 24.8 Å². The molecule has 2 saturated carbocycles. The van der Waals surface area contributed by atoms with Crippen molar-refractivity contribution in [3.63, 3.8) is 0 Å². The Morgan fingerprint density at radius 2 is 1.72 bits per heavy atom. The molecule has 1 aromatic rings. The van der Waals surface area contributed by atoms with Crippen molar-refractivity contribution in [1.82, 2.24) is 0 Å². The number of carboxylic acids is 1. The van der Waals surface area contributed by atoms with E-state index in [0.717, 1.165) is 51.4 Å². The lowest BCUT2D eigenvalue weighted by Crippen LogP contribution is -2.44. The summed E-state index contributed by atoms with van der Waals surface area (Å²) < 4.78 is 35.2. The molecule has 0 unspecified atom stereocenters. The highest BCUT2D eigenvalue weighted by atomic mass is 19.2. The highest BCUT2D eigenvalue weighted by Crippen LogP contribution is 2.54. The molecule has 0 heterocycles. The second-order valence-electron chi connectivity index (χ2n) is 9.00. The molecule has 0 radical (unpaired) electrons. The third-order valence-electron chi connectivity index (χ3n) is 7.54. The van der Waals surface area contributed by atoms with E-state index in [1.54, 1.807) is 19.1 Å². The zero-order chi connectivity index (χ0) is 21.1.